The average molecular weight is 409 g/mol. The van der Waals surface area contributed by atoms with E-state index in [4.69, 9.17) is 14.2 Å². The van der Waals surface area contributed by atoms with Crippen molar-refractivity contribution in [2.24, 2.45) is 0 Å². The van der Waals surface area contributed by atoms with Gasteiger partial charge >= 0.3 is 0 Å². The van der Waals surface area contributed by atoms with Crippen LogP contribution in [0.15, 0.2) is 42.5 Å². The first kappa shape index (κ1) is 20.0. The summed E-state index contributed by atoms with van der Waals surface area (Å²) >= 11 is 0. The second-order valence-corrected chi connectivity index (χ2v) is 13.5. The van der Waals surface area contributed by atoms with Crippen LogP contribution in [0.1, 0.15) is 36.0 Å². The number of aliphatic hydroxyl groups is 1. The third-order valence-electron chi connectivity index (χ3n) is 5.15. The number of rotatable bonds is 2. The quantitative estimate of drug-likeness (QED) is 0.583. The van der Waals surface area contributed by atoms with E-state index in [2.05, 4.69) is 31.1 Å². The van der Waals surface area contributed by atoms with E-state index in [0.717, 1.165) is 37.0 Å². The normalized spacial score (nSPS) is 23.5. The maximum absolute atomic E-state index is 11.9. The smallest absolute Gasteiger partial charge is 0.199 e. The fourth-order valence-corrected chi connectivity index (χ4v) is 4.22. The Bertz CT molecular complexity index is 947. The lowest BCUT2D eigenvalue weighted by Crippen LogP contribution is -2.28. The van der Waals surface area contributed by atoms with Gasteiger partial charge in [0.2, 0.25) is 0 Å². The van der Waals surface area contributed by atoms with Crippen molar-refractivity contribution < 1.29 is 19.3 Å². The number of hydrogen-bond acceptors (Lipinski definition) is 4. The Balaban J connectivity index is 1.80. The van der Waals surface area contributed by atoms with E-state index in [1.54, 1.807) is 0 Å². The summed E-state index contributed by atoms with van der Waals surface area (Å²) in [7, 11) is -1.71. The van der Waals surface area contributed by atoms with Crippen LogP contribution in [-0.2, 0) is 16.9 Å². The van der Waals surface area contributed by atoms with Crippen LogP contribution >= 0.6 is 0 Å². The Hall–Kier alpha value is -2.26. The van der Waals surface area contributed by atoms with Gasteiger partial charge in [0.1, 0.15) is 26.2 Å². The molecular formula is C24H28O4Si. The molecule has 0 amide bonds. The molecule has 0 spiro atoms. The molecule has 4 rings (SSSR count). The Kier molecular flexibility index (Phi) is 5.43. The minimum absolute atomic E-state index is 0.248. The zero-order chi connectivity index (χ0) is 20.5. The Morgan fingerprint density at radius 1 is 1.10 bits per heavy atom. The summed E-state index contributed by atoms with van der Waals surface area (Å²) in [4.78, 5) is 0. The highest BCUT2D eigenvalue weighted by molar-refractivity contribution is 6.83. The Morgan fingerprint density at radius 2 is 1.93 bits per heavy atom. The van der Waals surface area contributed by atoms with Crippen LogP contribution in [0.25, 0.3) is 0 Å². The van der Waals surface area contributed by atoms with Crippen molar-refractivity contribution in [1.29, 1.82) is 0 Å². The van der Waals surface area contributed by atoms with Crippen LogP contribution in [0.5, 0.6) is 11.5 Å². The molecule has 0 aliphatic carbocycles. The molecule has 2 heterocycles. The molecule has 2 aliphatic heterocycles. The lowest BCUT2D eigenvalue weighted by atomic mass is 9.84. The highest BCUT2D eigenvalue weighted by Gasteiger charge is 2.38. The van der Waals surface area contributed by atoms with Crippen LogP contribution in [0.3, 0.4) is 0 Å². The molecule has 152 valence electrons. The van der Waals surface area contributed by atoms with Gasteiger partial charge in [0.15, 0.2) is 11.9 Å². The van der Waals surface area contributed by atoms with Crippen LogP contribution in [0, 0.1) is 11.5 Å². The van der Waals surface area contributed by atoms with E-state index < -0.39 is 13.7 Å². The van der Waals surface area contributed by atoms with Crippen molar-refractivity contribution in [2.45, 2.75) is 57.4 Å². The van der Waals surface area contributed by atoms with E-state index in [1.807, 2.05) is 42.5 Å². The molecule has 0 aromatic heterocycles. The zero-order valence-electron chi connectivity index (χ0n) is 17.3. The van der Waals surface area contributed by atoms with E-state index in [1.165, 1.54) is 0 Å². The molecule has 0 saturated carbocycles. The van der Waals surface area contributed by atoms with E-state index in [9.17, 15) is 5.11 Å². The van der Waals surface area contributed by atoms with Gasteiger partial charge in [-0.05, 0) is 36.6 Å². The van der Waals surface area contributed by atoms with Gasteiger partial charge in [-0.3, -0.25) is 0 Å². The summed E-state index contributed by atoms with van der Waals surface area (Å²) in [6.07, 6.45) is 2.79. The fourth-order valence-electron chi connectivity index (χ4n) is 3.66. The minimum Gasteiger partial charge on any atom is -0.488 e. The number of ether oxygens (including phenoxy) is 3. The molecule has 0 bridgehead atoms. The van der Waals surface area contributed by atoms with Gasteiger partial charge in [-0.25, -0.2) is 0 Å². The van der Waals surface area contributed by atoms with E-state index in [-0.39, 0.29) is 6.29 Å². The molecule has 2 aliphatic rings. The molecule has 1 saturated heterocycles. The Morgan fingerprint density at radius 3 is 2.69 bits per heavy atom. The molecular weight excluding hydrogens is 380 g/mol. The van der Waals surface area contributed by atoms with E-state index in [0.29, 0.717) is 23.7 Å². The summed E-state index contributed by atoms with van der Waals surface area (Å²) < 4.78 is 17.8. The molecule has 1 fully saturated rings. The van der Waals surface area contributed by atoms with Gasteiger partial charge in [0.25, 0.3) is 0 Å². The molecule has 2 atom stereocenters. The summed E-state index contributed by atoms with van der Waals surface area (Å²) in [5.41, 5.74) is 4.25. The predicted octanol–water partition coefficient (Wildman–Crippen LogP) is 4.60. The van der Waals surface area contributed by atoms with Crippen LogP contribution < -0.4 is 9.47 Å². The molecule has 2 aromatic rings. The highest BCUT2D eigenvalue weighted by atomic mass is 28.3. The highest BCUT2D eigenvalue weighted by Crippen LogP contribution is 2.42. The summed E-state index contributed by atoms with van der Waals surface area (Å²) in [5.74, 6) is 4.51. The first-order valence-electron chi connectivity index (χ1n) is 10.3. The summed E-state index contributed by atoms with van der Waals surface area (Å²) in [6.45, 7) is 7.62. The lowest BCUT2D eigenvalue weighted by molar-refractivity contribution is -0.106. The minimum atomic E-state index is -1.71. The largest absolute Gasteiger partial charge is 0.488 e. The topological polar surface area (TPSA) is 47.9 Å². The van der Waals surface area contributed by atoms with Crippen molar-refractivity contribution in [3.8, 4) is 23.0 Å². The maximum Gasteiger partial charge on any atom is 0.199 e. The number of benzene rings is 2. The van der Waals surface area contributed by atoms with Crippen molar-refractivity contribution in [3.05, 3.63) is 59.2 Å². The lowest BCUT2D eigenvalue weighted by Gasteiger charge is -2.27. The van der Waals surface area contributed by atoms with Crippen LogP contribution in [0.2, 0.25) is 19.6 Å². The third kappa shape index (κ3) is 4.35. The van der Waals surface area contributed by atoms with Crippen molar-refractivity contribution >= 4 is 8.07 Å². The average Bonchev–Trinajstić information content (AvgIpc) is 2.83. The van der Waals surface area contributed by atoms with Crippen molar-refractivity contribution in [1.82, 2.24) is 0 Å². The summed E-state index contributed by atoms with van der Waals surface area (Å²) in [6, 6.07) is 13.4. The molecule has 5 heteroatoms. The molecule has 29 heavy (non-hydrogen) atoms. The number of fused-ring (bicyclic) bond motifs is 2. The second kappa shape index (κ2) is 7.87. The Labute approximate surface area is 173 Å². The molecule has 2 aromatic carbocycles. The number of hydrogen-bond donors (Lipinski definition) is 1. The van der Waals surface area contributed by atoms with Crippen molar-refractivity contribution in [2.75, 3.05) is 6.61 Å². The predicted molar refractivity (Wildman–Crippen MR) is 116 cm³/mol. The van der Waals surface area contributed by atoms with E-state index >= 15 is 0 Å². The molecule has 1 N–H and O–H groups in total. The van der Waals surface area contributed by atoms with Crippen LogP contribution in [0.4, 0.5) is 0 Å². The van der Waals surface area contributed by atoms with Gasteiger partial charge in [-0.2, -0.15) is 0 Å². The monoisotopic (exact) mass is 408 g/mol. The van der Waals surface area contributed by atoms with Crippen LogP contribution in [-0.4, -0.2) is 26.1 Å². The molecule has 0 radical (unpaired) electrons. The molecule has 4 nitrogen and oxygen atoms in total. The first-order chi connectivity index (χ1) is 13.9. The van der Waals surface area contributed by atoms with Gasteiger partial charge in [0, 0.05) is 17.5 Å². The first-order valence-corrected chi connectivity index (χ1v) is 13.8. The maximum atomic E-state index is 11.9. The summed E-state index contributed by atoms with van der Waals surface area (Å²) in [5, 5.41) is 11.9. The van der Waals surface area contributed by atoms with Gasteiger partial charge < -0.3 is 19.3 Å². The standard InChI is InChI=1S/C24H28O4Si/c1-29(2,3)15-13-24(25)20-9-5-4-8-18(20)17-27-22-12-11-19(16-21(22)24)28-23-10-6-7-14-26-23/h4-5,8-9,11-12,16,23,25H,6-7,10,14,17H2,1-3H3. The second-order valence-electron chi connectivity index (χ2n) is 8.73. The van der Waals surface area contributed by atoms with Gasteiger partial charge in [-0.1, -0.05) is 49.8 Å². The van der Waals surface area contributed by atoms with Gasteiger partial charge in [-0.15, -0.1) is 5.54 Å². The van der Waals surface area contributed by atoms with Crippen molar-refractivity contribution in [3.63, 3.8) is 0 Å². The molecule has 2 unspecified atom stereocenters. The SMILES string of the molecule is C[Si](C)(C)C#CC1(O)c2ccccc2COc2ccc(OC3CCCCO3)cc21. The third-order valence-corrected chi connectivity index (χ3v) is 6.03. The fraction of sp³-hybridized carbons (Fsp3) is 0.417. The zero-order valence-corrected chi connectivity index (χ0v) is 18.3. The van der Waals surface area contributed by atoms with Gasteiger partial charge in [0.05, 0.1) is 6.61 Å².